The number of nitrogens with zero attached hydrogens (tertiary/aromatic N) is 1. The highest BCUT2D eigenvalue weighted by Crippen LogP contribution is 2.20. The number of benzene rings is 1. The van der Waals surface area contributed by atoms with Crippen molar-refractivity contribution in [1.82, 2.24) is 5.16 Å². The third kappa shape index (κ3) is 3.96. The minimum atomic E-state index is -0.634. The quantitative estimate of drug-likeness (QED) is 0.780. The second-order valence-electron chi connectivity index (χ2n) is 4.29. The number of aryl methyl sites for hydroxylation is 1. The van der Waals surface area contributed by atoms with Crippen molar-refractivity contribution in [3.05, 3.63) is 40.5 Å². The first-order valence-corrected chi connectivity index (χ1v) is 6.40. The van der Waals surface area contributed by atoms with Gasteiger partial charge in [0.05, 0.1) is 22.8 Å². The number of nitrogens with two attached hydrogens (primary N) is 1. The fourth-order valence-corrected chi connectivity index (χ4v) is 1.82. The molecule has 1 heterocycles. The molecule has 2 amide bonds. The van der Waals surface area contributed by atoms with Crippen molar-refractivity contribution >= 4 is 35.0 Å². The molecule has 7 nitrogen and oxygen atoms in total. The lowest BCUT2D eigenvalue weighted by molar-refractivity contribution is -0.114. The number of nitrogens with one attached hydrogen (secondary N) is 2. The predicted octanol–water partition coefficient (Wildman–Crippen LogP) is 1.79. The summed E-state index contributed by atoms with van der Waals surface area (Å²) in [5.74, 6) is -0.680. The first-order chi connectivity index (χ1) is 9.95. The SMILES string of the molecule is Cc1cc(NC(=O)CNc2ccc(Cl)c(C(N)=O)c2)on1. The van der Waals surface area contributed by atoms with E-state index in [1.807, 2.05) is 0 Å². The van der Waals surface area contributed by atoms with Gasteiger partial charge in [-0.15, -0.1) is 0 Å². The second-order valence-corrected chi connectivity index (χ2v) is 4.70. The van der Waals surface area contributed by atoms with Gasteiger partial charge in [0.25, 0.3) is 0 Å². The Hall–Kier alpha value is -2.54. The molecule has 1 aromatic carbocycles. The van der Waals surface area contributed by atoms with Crippen LogP contribution in [0.1, 0.15) is 16.1 Å². The summed E-state index contributed by atoms with van der Waals surface area (Å²) >= 11 is 5.84. The Kier molecular flexibility index (Phi) is 4.44. The lowest BCUT2D eigenvalue weighted by Crippen LogP contribution is -2.21. The number of carbonyl (C=O) groups excluding carboxylic acids is 2. The summed E-state index contributed by atoms with van der Waals surface area (Å²) in [5.41, 5.74) is 6.60. The Labute approximate surface area is 125 Å². The molecule has 0 saturated heterocycles. The fourth-order valence-electron chi connectivity index (χ4n) is 1.61. The molecule has 110 valence electrons. The van der Waals surface area contributed by atoms with Gasteiger partial charge in [-0.3, -0.25) is 14.9 Å². The number of rotatable bonds is 5. The van der Waals surface area contributed by atoms with Crippen LogP contribution in [-0.2, 0) is 4.79 Å². The zero-order valence-corrected chi connectivity index (χ0v) is 11.9. The van der Waals surface area contributed by atoms with Gasteiger partial charge < -0.3 is 15.6 Å². The molecule has 0 atom stereocenters. The van der Waals surface area contributed by atoms with Crippen molar-refractivity contribution in [2.75, 3.05) is 17.2 Å². The van der Waals surface area contributed by atoms with Crippen molar-refractivity contribution in [2.24, 2.45) is 5.73 Å². The van der Waals surface area contributed by atoms with E-state index in [9.17, 15) is 9.59 Å². The van der Waals surface area contributed by atoms with E-state index in [0.29, 0.717) is 11.4 Å². The van der Waals surface area contributed by atoms with Gasteiger partial charge in [-0.25, -0.2) is 0 Å². The molecule has 8 heteroatoms. The zero-order valence-electron chi connectivity index (χ0n) is 11.1. The summed E-state index contributed by atoms with van der Waals surface area (Å²) in [6, 6.07) is 6.25. The molecule has 0 bridgehead atoms. The third-order valence-corrected chi connectivity index (χ3v) is 2.91. The summed E-state index contributed by atoms with van der Waals surface area (Å²) in [4.78, 5) is 22.9. The van der Waals surface area contributed by atoms with E-state index in [1.165, 1.54) is 12.1 Å². The number of anilines is 2. The molecule has 1 aromatic heterocycles. The Morgan fingerprint density at radius 3 is 2.76 bits per heavy atom. The first-order valence-electron chi connectivity index (χ1n) is 6.02. The lowest BCUT2D eigenvalue weighted by Gasteiger charge is -2.08. The molecular weight excluding hydrogens is 296 g/mol. The number of aromatic nitrogens is 1. The standard InChI is InChI=1S/C13H13ClN4O3/c1-7-4-12(21-18-7)17-11(19)6-16-8-2-3-10(14)9(5-8)13(15)20/h2-5,16H,6H2,1H3,(H2,15,20)(H,17,19). The minimum absolute atomic E-state index is 0.0143. The van der Waals surface area contributed by atoms with Crippen LogP contribution in [0.3, 0.4) is 0 Å². The molecule has 4 N–H and O–H groups in total. The molecule has 21 heavy (non-hydrogen) atoms. The zero-order chi connectivity index (χ0) is 15.4. The van der Waals surface area contributed by atoms with Crippen LogP contribution < -0.4 is 16.4 Å². The summed E-state index contributed by atoms with van der Waals surface area (Å²) in [7, 11) is 0. The smallest absolute Gasteiger partial charge is 0.250 e. The molecule has 2 rings (SSSR count). The highest BCUT2D eigenvalue weighted by Gasteiger charge is 2.09. The number of carbonyl (C=O) groups is 2. The molecule has 0 fully saturated rings. The van der Waals surface area contributed by atoms with Gasteiger partial charge >= 0.3 is 0 Å². The fraction of sp³-hybridized carbons (Fsp3) is 0.154. The minimum Gasteiger partial charge on any atom is -0.376 e. The van der Waals surface area contributed by atoms with Gasteiger partial charge in [0.1, 0.15) is 0 Å². The first kappa shape index (κ1) is 14.9. The van der Waals surface area contributed by atoms with Gasteiger partial charge in [-0.1, -0.05) is 16.8 Å². The van der Waals surface area contributed by atoms with Crippen LogP contribution >= 0.6 is 11.6 Å². The molecule has 0 aliphatic rings. The summed E-state index contributed by atoms with van der Waals surface area (Å²) in [6.07, 6.45) is 0. The summed E-state index contributed by atoms with van der Waals surface area (Å²) in [5, 5.41) is 9.30. The molecule has 0 unspecified atom stereocenters. The summed E-state index contributed by atoms with van der Waals surface area (Å²) < 4.78 is 4.86. The van der Waals surface area contributed by atoms with Crippen molar-refractivity contribution in [1.29, 1.82) is 0 Å². The maximum absolute atomic E-state index is 11.7. The van der Waals surface area contributed by atoms with Crippen LogP contribution in [0.4, 0.5) is 11.6 Å². The maximum Gasteiger partial charge on any atom is 0.250 e. The molecule has 0 saturated carbocycles. The van der Waals surface area contributed by atoms with E-state index >= 15 is 0 Å². The van der Waals surface area contributed by atoms with Crippen LogP contribution in [0.25, 0.3) is 0 Å². The van der Waals surface area contributed by atoms with Gasteiger partial charge in [-0.2, -0.15) is 0 Å². The van der Waals surface area contributed by atoms with Crippen LogP contribution in [0.5, 0.6) is 0 Å². The van der Waals surface area contributed by atoms with E-state index in [0.717, 1.165) is 0 Å². The molecule has 0 aliphatic carbocycles. The average molecular weight is 309 g/mol. The van der Waals surface area contributed by atoms with Crippen molar-refractivity contribution in [2.45, 2.75) is 6.92 Å². The topological polar surface area (TPSA) is 110 Å². The number of halogens is 1. The number of hydrogen-bond acceptors (Lipinski definition) is 5. The van der Waals surface area contributed by atoms with Crippen LogP contribution in [0.15, 0.2) is 28.8 Å². The number of primary amides is 1. The number of hydrogen-bond donors (Lipinski definition) is 3. The van der Waals surface area contributed by atoms with Gasteiger partial charge in [-0.05, 0) is 25.1 Å². The highest BCUT2D eigenvalue weighted by atomic mass is 35.5. The van der Waals surface area contributed by atoms with E-state index in [-0.39, 0.29) is 28.9 Å². The van der Waals surface area contributed by atoms with Crippen molar-refractivity contribution in [3.63, 3.8) is 0 Å². The third-order valence-electron chi connectivity index (χ3n) is 2.58. The molecular formula is C13H13ClN4O3. The van der Waals surface area contributed by atoms with Crippen LogP contribution in [0, 0.1) is 6.92 Å². The van der Waals surface area contributed by atoms with E-state index < -0.39 is 5.91 Å². The van der Waals surface area contributed by atoms with E-state index in [1.54, 1.807) is 19.1 Å². The second kappa shape index (κ2) is 6.27. The molecule has 0 spiro atoms. The number of amides is 2. The van der Waals surface area contributed by atoms with Crippen molar-refractivity contribution in [3.8, 4) is 0 Å². The Bertz CT molecular complexity index is 684. The lowest BCUT2D eigenvalue weighted by atomic mass is 10.2. The Morgan fingerprint density at radius 2 is 2.14 bits per heavy atom. The molecule has 0 radical (unpaired) electrons. The van der Waals surface area contributed by atoms with E-state index in [2.05, 4.69) is 15.8 Å². The van der Waals surface area contributed by atoms with Crippen LogP contribution in [-0.4, -0.2) is 23.5 Å². The van der Waals surface area contributed by atoms with Crippen molar-refractivity contribution < 1.29 is 14.1 Å². The summed E-state index contributed by atoms with van der Waals surface area (Å²) in [6.45, 7) is 1.73. The monoisotopic (exact) mass is 308 g/mol. The normalized spacial score (nSPS) is 10.2. The van der Waals surface area contributed by atoms with Gasteiger partial charge in [0.15, 0.2) is 0 Å². The Morgan fingerprint density at radius 1 is 1.38 bits per heavy atom. The molecule has 0 aliphatic heterocycles. The van der Waals surface area contributed by atoms with Gasteiger partial charge in [0.2, 0.25) is 17.7 Å². The predicted molar refractivity (Wildman–Crippen MR) is 78.3 cm³/mol. The van der Waals surface area contributed by atoms with Crippen LogP contribution in [0.2, 0.25) is 5.02 Å². The largest absolute Gasteiger partial charge is 0.376 e. The van der Waals surface area contributed by atoms with E-state index in [4.69, 9.17) is 21.9 Å². The average Bonchev–Trinajstić information content (AvgIpc) is 2.82. The van der Waals surface area contributed by atoms with Gasteiger partial charge in [0, 0.05) is 11.8 Å². The highest BCUT2D eigenvalue weighted by molar-refractivity contribution is 6.33. The molecule has 2 aromatic rings. The maximum atomic E-state index is 11.7. The Balaban J connectivity index is 1.95.